The van der Waals surface area contributed by atoms with Crippen LogP contribution in [0.25, 0.3) is 0 Å². The number of fused-ring (bicyclic) bond motifs is 1. The van der Waals surface area contributed by atoms with Gasteiger partial charge in [0, 0.05) is 21.3 Å². The Bertz CT molecular complexity index is 706. The van der Waals surface area contributed by atoms with Gasteiger partial charge >= 0.3 is 0 Å². The number of carbonyl (C=O) groups excluding carboxylic acids is 1. The van der Waals surface area contributed by atoms with Gasteiger partial charge in [-0.3, -0.25) is 4.79 Å². The molecule has 0 saturated carbocycles. The highest BCUT2D eigenvalue weighted by atomic mass is 79.9. The van der Waals surface area contributed by atoms with Crippen LogP contribution in [-0.2, 0) is 12.8 Å². The number of benzene rings is 2. The van der Waals surface area contributed by atoms with Crippen molar-refractivity contribution in [1.82, 2.24) is 0 Å². The number of ketones is 1. The van der Waals surface area contributed by atoms with Gasteiger partial charge in [-0.05, 0) is 61.1 Å². The van der Waals surface area contributed by atoms with Crippen LogP contribution in [0.2, 0.25) is 0 Å². The van der Waals surface area contributed by atoms with Crippen LogP contribution < -0.4 is 5.73 Å². The summed E-state index contributed by atoms with van der Waals surface area (Å²) in [6.45, 7) is 1.89. The number of nitrogens with two attached hydrogens (primary N) is 1. The van der Waals surface area contributed by atoms with Crippen molar-refractivity contribution in [3.63, 3.8) is 0 Å². The van der Waals surface area contributed by atoms with Crippen LogP contribution in [0.1, 0.15) is 39.0 Å². The molecule has 1 aliphatic carbocycles. The lowest BCUT2D eigenvalue weighted by atomic mass is 9.96. The summed E-state index contributed by atoms with van der Waals surface area (Å²) < 4.78 is 0.838. The summed E-state index contributed by atoms with van der Waals surface area (Å²) in [7, 11) is 0. The van der Waals surface area contributed by atoms with Gasteiger partial charge in [-0.25, -0.2) is 0 Å². The molecule has 0 aromatic heterocycles. The summed E-state index contributed by atoms with van der Waals surface area (Å²) in [6.07, 6.45) is 3.40. The number of carbonyl (C=O) groups is 1. The van der Waals surface area contributed by atoms with E-state index in [0.29, 0.717) is 11.3 Å². The van der Waals surface area contributed by atoms with E-state index in [4.69, 9.17) is 5.73 Å². The minimum Gasteiger partial charge on any atom is -0.398 e. The average Bonchev–Trinajstić information content (AvgIpc) is 2.89. The van der Waals surface area contributed by atoms with Crippen LogP contribution in [0.15, 0.2) is 34.8 Å². The molecule has 0 unspecified atom stereocenters. The van der Waals surface area contributed by atoms with E-state index in [9.17, 15) is 4.79 Å². The molecule has 102 valence electrons. The summed E-state index contributed by atoms with van der Waals surface area (Å²) >= 11 is 3.41. The molecule has 0 amide bonds. The highest BCUT2D eigenvalue weighted by Gasteiger charge is 2.17. The second-order valence-corrected chi connectivity index (χ2v) is 6.25. The molecule has 2 aromatic carbocycles. The Balaban J connectivity index is 2.05. The summed E-state index contributed by atoms with van der Waals surface area (Å²) in [5, 5.41) is 0. The highest BCUT2D eigenvalue weighted by molar-refractivity contribution is 9.10. The lowest BCUT2D eigenvalue weighted by molar-refractivity contribution is 0.103. The first-order valence-electron chi connectivity index (χ1n) is 6.78. The first-order chi connectivity index (χ1) is 9.56. The van der Waals surface area contributed by atoms with Crippen LogP contribution in [0.5, 0.6) is 0 Å². The SMILES string of the molecule is Cc1c(N)cc(Br)cc1C(=O)c1ccc2c(c1)CCC2. The average molecular weight is 330 g/mol. The lowest BCUT2D eigenvalue weighted by Crippen LogP contribution is -2.06. The lowest BCUT2D eigenvalue weighted by Gasteiger charge is -2.10. The third kappa shape index (κ3) is 2.27. The number of hydrogen-bond donors (Lipinski definition) is 1. The molecule has 0 aliphatic heterocycles. The van der Waals surface area contributed by atoms with E-state index in [2.05, 4.69) is 22.0 Å². The minimum absolute atomic E-state index is 0.0465. The van der Waals surface area contributed by atoms with Gasteiger partial charge in [0.25, 0.3) is 0 Å². The van der Waals surface area contributed by atoms with Crippen LogP contribution in [0.3, 0.4) is 0 Å². The summed E-state index contributed by atoms with van der Waals surface area (Å²) in [4.78, 5) is 12.7. The minimum atomic E-state index is 0.0465. The second kappa shape index (κ2) is 5.06. The molecule has 0 radical (unpaired) electrons. The maximum atomic E-state index is 12.7. The molecule has 2 nitrogen and oxygen atoms in total. The van der Waals surface area contributed by atoms with Crippen LogP contribution in [0.4, 0.5) is 5.69 Å². The predicted octanol–water partition coefficient (Wildman–Crippen LogP) is 4.06. The Kier molecular flexibility index (Phi) is 3.38. The number of halogens is 1. The summed E-state index contributed by atoms with van der Waals surface area (Å²) in [5.74, 6) is 0.0465. The van der Waals surface area contributed by atoms with Gasteiger partial charge < -0.3 is 5.73 Å². The van der Waals surface area contributed by atoms with Gasteiger partial charge in [0.2, 0.25) is 0 Å². The van der Waals surface area contributed by atoms with Crippen LogP contribution in [-0.4, -0.2) is 5.78 Å². The highest BCUT2D eigenvalue weighted by Crippen LogP contribution is 2.27. The molecule has 1 aliphatic rings. The zero-order valence-corrected chi connectivity index (χ0v) is 13.0. The summed E-state index contributed by atoms with van der Waals surface area (Å²) in [6, 6.07) is 9.74. The fourth-order valence-electron chi connectivity index (χ4n) is 2.80. The molecule has 0 spiro atoms. The predicted molar refractivity (Wildman–Crippen MR) is 85.2 cm³/mol. The number of nitrogen functional groups attached to an aromatic ring is 1. The van der Waals surface area contributed by atoms with Crippen LogP contribution >= 0.6 is 15.9 Å². The molecule has 0 bridgehead atoms. The second-order valence-electron chi connectivity index (χ2n) is 5.33. The van der Waals surface area contributed by atoms with Crippen molar-refractivity contribution >= 4 is 27.4 Å². The maximum absolute atomic E-state index is 12.7. The molecular weight excluding hydrogens is 314 g/mol. The van der Waals surface area contributed by atoms with E-state index in [1.807, 2.05) is 31.2 Å². The van der Waals surface area contributed by atoms with Crippen molar-refractivity contribution in [3.05, 3.63) is 62.6 Å². The molecule has 3 rings (SSSR count). The van der Waals surface area contributed by atoms with Crippen molar-refractivity contribution < 1.29 is 4.79 Å². The van der Waals surface area contributed by atoms with E-state index >= 15 is 0 Å². The molecular formula is C17H16BrNO. The van der Waals surface area contributed by atoms with E-state index < -0.39 is 0 Å². The monoisotopic (exact) mass is 329 g/mol. The fraction of sp³-hybridized carbons (Fsp3) is 0.235. The quantitative estimate of drug-likeness (QED) is 0.666. The Morgan fingerprint density at radius 3 is 2.70 bits per heavy atom. The van der Waals surface area contributed by atoms with Gasteiger partial charge in [-0.1, -0.05) is 28.1 Å². The Labute approximate surface area is 127 Å². The Morgan fingerprint density at radius 2 is 1.90 bits per heavy atom. The molecule has 2 N–H and O–H groups in total. The summed E-state index contributed by atoms with van der Waals surface area (Å²) in [5.41, 5.74) is 11.6. The molecule has 3 heteroatoms. The zero-order chi connectivity index (χ0) is 14.3. The Morgan fingerprint density at radius 1 is 1.15 bits per heavy atom. The van der Waals surface area contributed by atoms with Gasteiger partial charge in [-0.2, -0.15) is 0 Å². The number of anilines is 1. The molecule has 0 atom stereocenters. The van der Waals surface area contributed by atoms with Gasteiger partial charge in [0.15, 0.2) is 5.78 Å². The first-order valence-corrected chi connectivity index (χ1v) is 7.57. The fourth-order valence-corrected chi connectivity index (χ4v) is 3.28. The third-order valence-corrected chi connectivity index (χ3v) is 4.48. The standard InChI is InChI=1S/C17H16BrNO/c1-10-15(8-14(18)9-16(10)19)17(20)13-6-5-11-3-2-4-12(11)7-13/h5-9H,2-4,19H2,1H3. The van der Waals surface area contributed by atoms with Gasteiger partial charge in [0.1, 0.15) is 0 Å². The van der Waals surface area contributed by atoms with E-state index in [1.54, 1.807) is 0 Å². The molecule has 0 fully saturated rings. The topological polar surface area (TPSA) is 43.1 Å². The van der Waals surface area contributed by atoms with Crippen molar-refractivity contribution in [1.29, 1.82) is 0 Å². The zero-order valence-electron chi connectivity index (χ0n) is 11.4. The smallest absolute Gasteiger partial charge is 0.193 e. The molecule has 2 aromatic rings. The van der Waals surface area contributed by atoms with Crippen molar-refractivity contribution in [2.24, 2.45) is 0 Å². The normalized spacial score (nSPS) is 13.3. The maximum Gasteiger partial charge on any atom is 0.193 e. The van der Waals surface area contributed by atoms with E-state index in [0.717, 1.165) is 28.4 Å². The molecule has 0 saturated heterocycles. The molecule has 20 heavy (non-hydrogen) atoms. The van der Waals surface area contributed by atoms with Gasteiger partial charge in [0.05, 0.1) is 0 Å². The largest absolute Gasteiger partial charge is 0.398 e. The first kappa shape index (κ1) is 13.4. The Hall–Kier alpha value is -1.61. The van der Waals surface area contributed by atoms with Gasteiger partial charge in [-0.15, -0.1) is 0 Å². The van der Waals surface area contributed by atoms with Crippen molar-refractivity contribution in [2.75, 3.05) is 5.73 Å². The number of aryl methyl sites for hydroxylation is 2. The molecule has 0 heterocycles. The number of rotatable bonds is 2. The van der Waals surface area contributed by atoms with Crippen molar-refractivity contribution in [2.45, 2.75) is 26.2 Å². The number of hydrogen-bond acceptors (Lipinski definition) is 2. The van der Waals surface area contributed by atoms with Crippen molar-refractivity contribution in [3.8, 4) is 0 Å². The van der Waals surface area contributed by atoms with E-state index in [-0.39, 0.29) is 5.78 Å². The van der Waals surface area contributed by atoms with Crippen LogP contribution in [0, 0.1) is 6.92 Å². The third-order valence-electron chi connectivity index (χ3n) is 4.02. The van der Waals surface area contributed by atoms with E-state index in [1.165, 1.54) is 17.5 Å².